The van der Waals surface area contributed by atoms with E-state index < -0.39 is 0 Å². The van der Waals surface area contributed by atoms with Gasteiger partial charge in [0.2, 0.25) is 5.91 Å². The fraction of sp³-hybridized carbons (Fsp3) is 0.364. The Balaban J connectivity index is 2.04. The summed E-state index contributed by atoms with van der Waals surface area (Å²) in [7, 11) is 0. The molecule has 0 aromatic heterocycles. The Morgan fingerprint density at radius 1 is 1.14 bits per heavy atom. The Morgan fingerprint density at radius 2 is 1.86 bits per heavy atom. The molecule has 5 nitrogen and oxygen atoms in total. The molecule has 1 atom stereocenters. The highest BCUT2D eigenvalue weighted by Gasteiger charge is 2.23. The highest BCUT2D eigenvalue weighted by molar-refractivity contribution is 6.32. The number of para-hydroxylation sites is 1. The van der Waals surface area contributed by atoms with Gasteiger partial charge in [-0.25, -0.2) is 0 Å². The van der Waals surface area contributed by atoms with Gasteiger partial charge >= 0.3 is 0 Å². The average Bonchev–Trinajstić information content (AvgIpc) is 2.68. The molecule has 0 radical (unpaired) electrons. The minimum atomic E-state index is -0.259. The molecular formula is C22H27ClN2O3. The van der Waals surface area contributed by atoms with Crippen molar-refractivity contribution in [2.45, 2.75) is 40.2 Å². The number of anilines is 1. The minimum Gasteiger partial charge on any atom is -0.482 e. The van der Waals surface area contributed by atoms with Crippen LogP contribution in [0.5, 0.6) is 5.75 Å². The molecule has 2 aromatic rings. The molecule has 0 heterocycles. The summed E-state index contributed by atoms with van der Waals surface area (Å²) in [5.41, 5.74) is 2.87. The van der Waals surface area contributed by atoms with Crippen LogP contribution in [0.4, 0.5) is 5.69 Å². The van der Waals surface area contributed by atoms with Crippen LogP contribution in [0.3, 0.4) is 0 Å². The maximum absolute atomic E-state index is 12.7. The van der Waals surface area contributed by atoms with E-state index in [0.29, 0.717) is 10.8 Å². The summed E-state index contributed by atoms with van der Waals surface area (Å²) in [6, 6.07) is 12.6. The summed E-state index contributed by atoms with van der Waals surface area (Å²) in [6.07, 6.45) is 0.731. The largest absolute Gasteiger partial charge is 0.482 e. The zero-order valence-electron chi connectivity index (χ0n) is 16.8. The molecule has 2 amide bonds. The number of nitrogens with one attached hydrogen (secondary N) is 1. The number of hydrogen-bond donors (Lipinski definition) is 1. The van der Waals surface area contributed by atoms with E-state index in [2.05, 4.69) is 5.32 Å². The van der Waals surface area contributed by atoms with Crippen LogP contribution in [-0.2, 0) is 9.59 Å². The van der Waals surface area contributed by atoms with Crippen molar-refractivity contribution in [1.82, 2.24) is 4.90 Å². The zero-order valence-corrected chi connectivity index (χ0v) is 17.5. The highest BCUT2D eigenvalue weighted by atomic mass is 35.5. The molecule has 0 aliphatic heterocycles. The first-order valence-corrected chi connectivity index (χ1v) is 9.74. The first kappa shape index (κ1) is 21.8. The Kier molecular flexibility index (Phi) is 7.88. The smallest absolute Gasteiger partial charge is 0.261 e. The van der Waals surface area contributed by atoms with Crippen LogP contribution in [0.1, 0.15) is 31.4 Å². The van der Waals surface area contributed by atoms with Crippen LogP contribution in [-0.4, -0.2) is 35.9 Å². The van der Waals surface area contributed by atoms with Gasteiger partial charge in [0.1, 0.15) is 12.3 Å². The fourth-order valence-electron chi connectivity index (χ4n) is 2.73. The lowest BCUT2D eigenvalue weighted by atomic mass is 10.1. The zero-order chi connectivity index (χ0) is 20.7. The predicted octanol–water partition coefficient (Wildman–Crippen LogP) is 4.60. The average molecular weight is 403 g/mol. The Labute approximate surface area is 171 Å². The first-order chi connectivity index (χ1) is 13.3. The fourth-order valence-corrected chi connectivity index (χ4v) is 2.92. The summed E-state index contributed by atoms with van der Waals surface area (Å²) in [5.74, 6) is -0.0491. The van der Waals surface area contributed by atoms with Crippen molar-refractivity contribution in [1.29, 1.82) is 0 Å². The Hall–Kier alpha value is -2.53. The van der Waals surface area contributed by atoms with Crippen LogP contribution in [0.15, 0.2) is 42.5 Å². The van der Waals surface area contributed by atoms with Gasteiger partial charge in [0.25, 0.3) is 5.91 Å². The molecule has 0 unspecified atom stereocenters. The number of ether oxygens (including phenoxy) is 1. The summed E-state index contributed by atoms with van der Waals surface area (Å²) in [4.78, 5) is 26.8. The van der Waals surface area contributed by atoms with Crippen molar-refractivity contribution < 1.29 is 14.3 Å². The lowest BCUT2D eigenvalue weighted by Crippen LogP contribution is -2.45. The van der Waals surface area contributed by atoms with Gasteiger partial charge < -0.3 is 15.0 Å². The molecule has 0 saturated heterocycles. The molecule has 2 aromatic carbocycles. The van der Waals surface area contributed by atoms with E-state index >= 15 is 0 Å². The molecule has 0 spiro atoms. The number of halogens is 1. The Morgan fingerprint density at radius 3 is 2.54 bits per heavy atom. The summed E-state index contributed by atoms with van der Waals surface area (Å²) < 4.78 is 5.55. The van der Waals surface area contributed by atoms with Crippen molar-refractivity contribution in [2.24, 2.45) is 0 Å². The van der Waals surface area contributed by atoms with Crippen molar-refractivity contribution in [2.75, 3.05) is 18.5 Å². The number of aryl methyl sites for hydroxylation is 1. The van der Waals surface area contributed by atoms with Gasteiger partial charge in [-0.15, -0.1) is 0 Å². The SMILES string of the molecule is CC[C@@H](C)N(CC(=O)Nc1cccc(C)c1C)C(=O)COc1ccccc1Cl. The topological polar surface area (TPSA) is 58.6 Å². The molecule has 6 heteroatoms. The maximum atomic E-state index is 12.7. The number of amides is 2. The van der Waals surface area contributed by atoms with Gasteiger partial charge in [0.15, 0.2) is 6.61 Å². The van der Waals surface area contributed by atoms with E-state index in [1.165, 1.54) is 4.90 Å². The summed E-state index contributed by atoms with van der Waals surface area (Å²) in [5, 5.41) is 3.35. The number of carbonyl (C=O) groups is 2. The molecule has 2 rings (SSSR count). The molecule has 28 heavy (non-hydrogen) atoms. The Bertz CT molecular complexity index is 838. The standard InChI is InChI=1S/C22H27ClN2O3/c1-5-16(3)25(22(27)14-28-20-12-7-6-10-18(20)23)13-21(26)24-19-11-8-9-15(2)17(19)4/h6-12,16H,5,13-14H2,1-4H3,(H,24,26)/t16-/m1/s1. The van der Waals surface area contributed by atoms with Crippen molar-refractivity contribution >= 4 is 29.1 Å². The molecule has 0 aliphatic rings. The number of nitrogens with zero attached hydrogens (tertiary/aromatic N) is 1. The quantitative estimate of drug-likeness (QED) is 0.701. The third-order valence-corrected chi connectivity index (χ3v) is 5.14. The minimum absolute atomic E-state index is 0.0346. The molecule has 0 bridgehead atoms. The molecule has 0 saturated carbocycles. The third kappa shape index (κ3) is 5.73. The lowest BCUT2D eigenvalue weighted by molar-refractivity contribution is -0.138. The monoisotopic (exact) mass is 402 g/mol. The van der Waals surface area contributed by atoms with Gasteiger partial charge in [-0.2, -0.15) is 0 Å². The van der Waals surface area contributed by atoms with E-state index in [9.17, 15) is 9.59 Å². The number of rotatable bonds is 8. The van der Waals surface area contributed by atoms with E-state index in [1.54, 1.807) is 24.3 Å². The van der Waals surface area contributed by atoms with Crippen LogP contribution < -0.4 is 10.1 Å². The lowest BCUT2D eigenvalue weighted by Gasteiger charge is -2.28. The second-order valence-corrected chi connectivity index (χ2v) is 7.20. The predicted molar refractivity (Wildman–Crippen MR) is 113 cm³/mol. The molecule has 150 valence electrons. The maximum Gasteiger partial charge on any atom is 0.261 e. The molecule has 0 fully saturated rings. The molecule has 0 aliphatic carbocycles. The van der Waals surface area contributed by atoms with Crippen LogP contribution >= 0.6 is 11.6 Å². The normalized spacial score (nSPS) is 11.6. The van der Waals surface area contributed by atoms with Crippen molar-refractivity contribution in [3.05, 3.63) is 58.6 Å². The van der Waals surface area contributed by atoms with Gasteiger partial charge in [0.05, 0.1) is 5.02 Å². The summed E-state index contributed by atoms with van der Waals surface area (Å²) >= 11 is 6.07. The van der Waals surface area contributed by atoms with Crippen molar-refractivity contribution in [3.63, 3.8) is 0 Å². The van der Waals surface area contributed by atoms with E-state index in [4.69, 9.17) is 16.3 Å². The number of hydrogen-bond acceptors (Lipinski definition) is 3. The van der Waals surface area contributed by atoms with Crippen LogP contribution in [0.25, 0.3) is 0 Å². The second-order valence-electron chi connectivity index (χ2n) is 6.79. The van der Waals surface area contributed by atoms with Gasteiger partial charge in [-0.3, -0.25) is 9.59 Å². The first-order valence-electron chi connectivity index (χ1n) is 9.36. The van der Waals surface area contributed by atoms with E-state index in [-0.39, 0.29) is 31.0 Å². The van der Waals surface area contributed by atoms with E-state index in [1.807, 2.05) is 45.9 Å². The van der Waals surface area contributed by atoms with Crippen molar-refractivity contribution in [3.8, 4) is 5.75 Å². The summed E-state index contributed by atoms with van der Waals surface area (Å²) in [6.45, 7) is 7.63. The number of carbonyl (C=O) groups excluding carboxylic acids is 2. The van der Waals surface area contributed by atoms with Crippen LogP contribution in [0, 0.1) is 13.8 Å². The number of benzene rings is 2. The van der Waals surface area contributed by atoms with Gasteiger partial charge in [-0.05, 0) is 56.5 Å². The van der Waals surface area contributed by atoms with Gasteiger partial charge in [-0.1, -0.05) is 42.8 Å². The third-order valence-electron chi connectivity index (χ3n) is 4.82. The van der Waals surface area contributed by atoms with Gasteiger partial charge in [0, 0.05) is 11.7 Å². The second kappa shape index (κ2) is 10.1. The van der Waals surface area contributed by atoms with Crippen LogP contribution in [0.2, 0.25) is 5.02 Å². The van der Waals surface area contributed by atoms with E-state index in [0.717, 1.165) is 23.2 Å². The molecule has 1 N–H and O–H groups in total. The highest BCUT2D eigenvalue weighted by Crippen LogP contribution is 2.23. The molecular weight excluding hydrogens is 376 g/mol.